The van der Waals surface area contributed by atoms with Crippen LogP contribution in [0.5, 0.6) is 11.5 Å². The molecule has 0 aliphatic rings. The highest BCUT2D eigenvalue weighted by atomic mass is 16.5. The first-order valence-corrected chi connectivity index (χ1v) is 8.85. The van der Waals surface area contributed by atoms with Gasteiger partial charge in [0.25, 0.3) is 0 Å². The number of hydrogen-bond acceptors (Lipinski definition) is 6. The number of benzene rings is 2. The van der Waals surface area contributed by atoms with Crippen molar-refractivity contribution >= 4 is 17.9 Å². The maximum atomic E-state index is 9.10. The minimum absolute atomic E-state index is 0.650. The number of carboxylic acids is 2. The highest BCUT2D eigenvalue weighted by molar-refractivity contribution is 6.27. The Balaban J connectivity index is 0.000000469. The quantitative estimate of drug-likeness (QED) is 0.527. The number of imidazole rings is 1. The van der Waals surface area contributed by atoms with Crippen LogP contribution in [0, 0.1) is 0 Å². The Labute approximate surface area is 173 Å². The average Bonchev–Trinajstić information content (AvgIpc) is 3.13. The molecule has 1 aromatic heterocycles. The Kier molecular flexibility index (Phi) is 7.81. The van der Waals surface area contributed by atoms with Crippen molar-refractivity contribution in [3.05, 3.63) is 60.3 Å². The van der Waals surface area contributed by atoms with Crippen LogP contribution < -0.4 is 14.8 Å². The number of methoxy groups -OCH3 is 2. The van der Waals surface area contributed by atoms with Crippen molar-refractivity contribution in [2.45, 2.75) is 6.54 Å². The summed E-state index contributed by atoms with van der Waals surface area (Å²) in [6.45, 7) is 0.650. The number of carbonyl (C=O) groups is 2. The van der Waals surface area contributed by atoms with E-state index in [-0.39, 0.29) is 0 Å². The summed E-state index contributed by atoms with van der Waals surface area (Å²) < 4.78 is 12.6. The molecular weight excluding hydrogens is 390 g/mol. The van der Waals surface area contributed by atoms with Gasteiger partial charge in [-0.25, -0.2) is 14.6 Å². The summed E-state index contributed by atoms with van der Waals surface area (Å²) in [7, 11) is 5.34. The molecule has 0 fully saturated rings. The van der Waals surface area contributed by atoms with Gasteiger partial charge < -0.3 is 29.6 Å². The van der Waals surface area contributed by atoms with E-state index < -0.39 is 11.9 Å². The third kappa shape index (κ3) is 5.74. The van der Waals surface area contributed by atoms with Crippen molar-refractivity contribution in [2.24, 2.45) is 7.05 Å². The second-order valence-electron chi connectivity index (χ2n) is 6.03. The van der Waals surface area contributed by atoms with Crippen LogP contribution in [0.4, 0.5) is 5.95 Å². The Morgan fingerprint density at radius 1 is 1.00 bits per heavy atom. The first-order chi connectivity index (χ1) is 14.4. The highest BCUT2D eigenvalue weighted by Crippen LogP contribution is 2.25. The van der Waals surface area contributed by atoms with Crippen LogP contribution in [0.25, 0.3) is 11.3 Å². The summed E-state index contributed by atoms with van der Waals surface area (Å²) in [4.78, 5) is 22.7. The third-order valence-electron chi connectivity index (χ3n) is 4.19. The highest BCUT2D eigenvalue weighted by Gasteiger charge is 2.09. The number of aliphatic carboxylic acids is 2. The van der Waals surface area contributed by atoms with Crippen molar-refractivity contribution in [1.29, 1.82) is 0 Å². The fourth-order valence-electron chi connectivity index (χ4n) is 2.63. The Hall–Kier alpha value is -4.01. The molecule has 9 heteroatoms. The molecule has 0 saturated heterocycles. The zero-order valence-corrected chi connectivity index (χ0v) is 16.8. The lowest BCUT2D eigenvalue weighted by atomic mass is 10.1. The smallest absolute Gasteiger partial charge is 0.414 e. The molecule has 3 rings (SSSR count). The average molecular weight is 413 g/mol. The van der Waals surface area contributed by atoms with Gasteiger partial charge in [-0.05, 0) is 30.3 Å². The molecular formula is C21H23N3O6. The van der Waals surface area contributed by atoms with Gasteiger partial charge >= 0.3 is 11.9 Å². The van der Waals surface area contributed by atoms with Crippen molar-refractivity contribution in [3.63, 3.8) is 0 Å². The monoisotopic (exact) mass is 413 g/mol. The standard InChI is InChI=1S/C19H21N3O2.C2H2O4/c1-22-17(14-8-10-16(23-2)11-9-14)13-21-19(22)20-12-15-6-4-5-7-18(15)24-3;3-1(4)2(5)6/h4-11,13H,12H2,1-3H3,(H,20,21);(H,3,4)(H,5,6). The van der Waals surface area contributed by atoms with E-state index >= 15 is 0 Å². The van der Waals surface area contributed by atoms with Crippen molar-refractivity contribution in [1.82, 2.24) is 9.55 Å². The van der Waals surface area contributed by atoms with Gasteiger partial charge in [0.15, 0.2) is 0 Å². The normalized spacial score (nSPS) is 9.83. The molecule has 9 nitrogen and oxygen atoms in total. The summed E-state index contributed by atoms with van der Waals surface area (Å²) in [6, 6.07) is 15.9. The fraction of sp³-hybridized carbons (Fsp3) is 0.190. The molecule has 3 aromatic rings. The molecule has 1 heterocycles. The Morgan fingerprint density at radius 2 is 1.63 bits per heavy atom. The van der Waals surface area contributed by atoms with Gasteiger partial charge in [0, 0.05) is 24.7 Å². The number of nitrogens with one attached hydrogen (secondary N) is 1. The van der Waals surface area contributed by atoms with Crippen LogP contribution in [-0.4, -0.2) is 45.9 Å². The summed E-state index contributed by atoms with van der Waals surface area (Å²) in [5, 5.41) is 18.1. The number of para-hydroxylation sites is 1. The molecule has 2 aromatic carbocycles. The number of carboxylic acid groups (broad SMARTS) is 2. The van der Waals surface area contributed by atoms with Gasteiger partial charge in [-0.15, -0.1) is 0 Å². The Morgan fingerprint density at radius 3 is 2.20 bits per heavy atom. The zero-order valence-electron chi connectivity index (χ0n) is 16.8. The minimum atomic E-state index is -1.82. The molecule has 30 heavy (non-hydrogen) atoms. The second kappa shape index (κ2) is 10.5. The van der Waals surface area contributed by atoms with Crippen LogP contribution in [0.3, 0.4) is 0 Å². The topological polar surface area (TPSA) is 123 Å². The molecule has 0 unspecified atom stereocenters. The van der Waals surface area contributed by atoms with E-state index in [9.17, 15) is 0 Å². The van der Waals surface area contributed by atoms with E-state index in [1.807, 2.05) is 66.3 Å². The summed E-state index contributed by atoms with van der Waals surface area (Å²) >= 11 is 0. The van der Waals surface area contributed by atoms with E-state index in [0.29, 0.717) is 6.54 Å². The molecule has 158 valence electrons. The van der Waals surface area contributed by atoms with Gasteiger partial charge in [-0.1, -0.05) is 18.2 Å². The van der Waals surface area contributed by atoms with Gasteiger partial charge in [0.05, 0.1) is 26.1 Å². The molecule has 0 radical (unpaired) electrons. The lowest BCUT2D eigenvalue weighted by Crippen LogP contribution is -2.09. The molecule has 0 aliphatic heterocycles. The van der Waals surface area contributed by atoms with E-state index in [0.717, 1.165) is 34.3 Å². The molecule has 0 saturated carbocycles. The number of hydrogen-bond donors (Lipinski definition) is 3. The van der Waals surface area contributed by atoms with Crippen molar-refractivity contribution < 1.29 is 29.3 Å². The first-order valence-electron chi connectivity index (χ1n) is 8.85. The number of anilines is 1. The van der Waals surface area contributed by atoms with Gasteiger partial charge in [-0.3, -0.25) is 0 Å². The Bertz CT molecular complexity index is 986. The number of rotatable bonds is 6. The van der Waals surface area contributed by atoms with Crippen LogP contribution in [0.2, 0.25) is 0 Å². The first kappa shape index (κ1) is 22.3. The van der Waals surface area contributed by atoms with E-state index in [1.54, 1.807) is 14.2 Å². The zero-order chi connectivity index (χ0) is 22.1. The molecule has 0 atom stereocenters. The van der Waals surface area contributed by atoms with Gasteiger partial charge in [0.2, 0.25) is 5.95 Å². The minimum Gasteiger partial charge on any atom is -0.497 e. The van der Waals surface area contributed by atoms with E-state index in [2.05, 4.69) is 10.3 Å². The molecule has 0 spiro atoms. The van der Waals surface area contributed by atoms with Crippen LogP contribution in [-0.2, 0) is 23.2 Å². The lowest BCUT2D eigenvalue weighted by molar-refractivity contribution is -0.159. The largest absolute Gasteiger partial charge is 0.497 e. The maximum Gasteiger partial charge on any atom is 0.414 e. The van der Waals surface area contributed by atoms with Gasteiger partial charge in [-0.2, -0.15) is 0 Å². The van der Waals surface area contributed by atoms with Crippen LogP contribution in [0.1, 0.15) is 5.56 Å². The number of nitrogens with zero attached hydrogens (tertiary/aromatic N) is 2. The second-order valence-corrected chi connectivity index (χ2v) is 6.03. The molecule has 0 aliphatic carbocycles. The summed E-state index contributed by atoms with van der Waals surface area (Å²) in [6.07, 6.45) is 1.87. The van der Waals surface area contributed by atoms with Crippen LogP contribution in [0.15, 0.2) is 54.7 Å². The third-order valence-corrected chi connectivity index (χ3v) is 4.19. The number of aromatic nitrogens is 2. The SMILES string of the molecule is COc1ccc(-c2cnc(NCc3ccccc3OC)n2C)cc1.O=C(O)C(=O)O. The maximum absolute atomic E-state index is 9.10. The van der Waals surface area contributed by atoms with Crippen molar-refractivity contribution in [3.8, 4) is 22.8 Å². The number of ether oxygens (including phenoxy) is 2. The fourth-order valence-corrected chi connectivity index (χ4v) is 2.63. The van der Waals surface area contributed by atoms with Crippen molar-refractivity contribution in [2.75, 3.05) is 19.5 Å². The lowest BCUT2D eigenvalue weighted by Gasteiger charge is -2.11. The van der Waals surface area contributed by atoms with E-state index in [4.69, 9.17) is 29.3 Å². The van der Waals surface area contributed by atoms with Crippen LogP contribution >= 0.6 is 0 Å². The predicted octanol–water partition coefficient (Wildman–Crippen LogP) is 2.87. The van der Waals surface area contributed by atoms with E-state index in [1.165, 1.54) is 0 Å². The molecule has 3 N–H and O–H groups in total. The predicted molar refractivity (Wildman–Crippen MR) is 111 cm³/mol. The molecule has 0 amide bonds. The summed E-state index contributed by atoms with van der Waals surface area (Å²) in [5.74, 6) is -1.12. The molecule has 0 bridgehead atoms. The summed E-state index contributed by atoms with van der Waals surface area (Å²) in [5.41, 5.74) is 3.23. The van der Waals surface area contributed by atoms with Gasteiger partial charge in [0.1, 0.15) is 11.5 Å².